The van der Waals surface area contributed by atoms with Crippen LogP contribution in [0.5, 0.6) is 11.5 Å². The fraction of sp³-hybridized carbons (Fsp3) is 0.238. The van der Waals surface area contributed by atoms with Crippen molar-refractivity contribution in [1.82, 2.24) is 4.90 Å². The van der Waals surface area contributed by atoms with Crippen LogP contribution in [0.1, 0.15) is 18.1 Å². The molecule has 0 unspecified atom stereocenters. The van der Waals surface area contributed by atoms with Gasteiger partial charge in [-0.1, -0.05) is 23.7 Å². The summed E-state index contributed by atoms with van der Waals surface area (Å²) in [5.74, 6) is 1.14. The van der Waals surface area contributed by atoms with E-state index in [1.807, 2.05) is 49.4 Å². The molecular formula is C21H20BrClN2O3S. The van der Waals surface area contributed by atoms with E-state index in [0.29, 0.717) is 39.8 Å². The number of ether oxygens (including phenoxy) is 2. The third kappa shape index (κ3) is 5.15. The number of amides is 1. The Labute approximate surface area is 187 Å². The highest BCUT2D eigenvalue weighted by atomic mass is 79.9. The lowest BCUT2D eigenvalue weighted by molar-refractivity contribution is -0.121. The number of nitrogens with zero attached hydrogens (tertiary/aromatic N) is 2. The number of carbonyl (C=O) groups is 1. The summed E-state index contributed by atoms with van der Waals surface area (Å²) in [6.07, 6.45) is 1.83. The molecule has 5 nitrogen and oxygen atoms in total. The third-order valence-corrected chi connectivity index (χ3v) is 6.11. The fourth-order valence-corrected chi connectivity index (χ4v) is 4.34. The molecule has 1 amide bonds. The number of rotatable bonds is 6. The lowest BCUT2D eigenvalue weighted by Crippen LogP contribution is -2.23. The molecule has 2 aromatic rings. The molecule has 0 saturated carbocycles. The number of likely N-dealkylation sites (N-methyl/N-ethyl adjacent to an activating group) is 1. The van der Waals surface area contributed by atoms with Gasteiger partial charge in [-0.2, -0.15) is 0 Å². The molecule has 152 valence electrons. The molecule has 0 aromatic heterocycles. The Morgan fingerprint density at radius 2 is 1.97 bits per heavy atom. The molecule has 0 atom stereocenters. The van der Waals surface area contributed by atoms with Crippen LogP contribution in [0.2, 0.25) is 5.02 Å². The molecule has 0 bridgehead atoms. The minimum atomic E-state index is -0.0762. The SMILES string of the molecule is CCOc1cc(/C=C2/SC(=NC)N(C)C2=O)cc(Br)c1OCc1ccc(Cl)cc1. The summed E-state index contributed by atoms with van der Waals surface area (Å²) in [7, 11) is 3.39. The van der Waals surface area contributed by atoms with Crippen LogP contribution in [0.15, 0.2) is 50.8 Å². The van der Waals surface area contributed by atoms with Gasteiger partial charge < -0.3 is 9.47 Å². The van der Waals surface area contributed by atoms with E-state index in [0.717, 1.165) is 15.6 Å². The van der Waals surface area contributed by atoms with Crippen molar-refractivity contribution >= 4 is 56.4 Å². The summed E-state index contributed by atoms with van der Waals surface area (Å²) in [4.78, 5) is 18.7. The normalized spacial score (nSPS) is 16.7. The lowest BCUT2D eigenvalue weighted by atomic mass is 10.1. The molecule has 8 heteroatoms. The van der Waals surface area contributed by atoms with Gasteiger partial charge >= 0.3 is 0 Å². The van der Waals surface area contributed by atoms with Crippen molar-refractivity contribution in [2.75, 3.05) is 20.7 Å². The Morgan fingerprint density at radius 1 is 1.24 bits per heavy atom. The molecule has 0 spiro atoms. The molecule has 3 rings (SSSR count). The molecule has 0 aliphatic carbocycles. The van der Waals surface area contributed by atoms with Crippen LogP contribution in [0, 0.1) is 0 Å². The first-order valence-electron chi connectivity index (χ1n) is 8.91. The summed E-state index contributed by atoms with van der Waals surface area (Å²) >= 11 is 10.9. The molecule has 1 aliphatic heterocycles. The minimum Gasteiger partial charge on any atom is -0.490 e. The van der Waals surface area contributed by atoms with E-state index in [-0.39, 0.29) is 5.91 Å². The first-order valence-corrected chi connectivity index (χ1v) is 10.9. The average molecular weight is 496 g/mol. The Kier molecular flexibility index (Phi) is 7.27. The van der Waals surface area contributed by atoms with Gasteiger partial charge in [-0.05, 0) is 76.1 Å². The summed E-state index contributed by atoms with van der Waals surface area (Å²) in [6.45, 7) is 2.79. The molecule has 1 saturated heterocycles. The van der Waals surface area contributed by atoms with Gasteiger partial charge in [0.1, 0.15) is 6.61 Å². The second-order valence-electron chi connectivity index (χ2n) is 6.16. The molecule has 0 radical (unpaired) electrons. The number of aliphatic imine (C=N–C) groups is 1. The fourth-order valence-electron chi connectivity index (χ4n) is 2.71. The lowest BCUT2D eigenvalue weighted by Gasteiger charge is -2.15. The van der Waals surface area contributed by atoms with Crippen molar-refractivity contribution in [2.45, 2.75) is 13.5 Å². The monoisotopic (exact) mass is 494 g/mol. The second-order valence-corrected chi connectivity index (χ2v) is 8.46. The topological polar surface area (TPSA) is 51.1 Å². The van der Waals surface area contributed by atoms with Crippen LogP contribution in [0.25, 0.3) is 6.08 Å². The number of thioether (sulfide) groups is 1. The van der Waals surface area contributed by atoms with Crippen LogP contribution in [-0.4, -0.2) is 36.7 Å². The molecular weight excluding hydrogens is 476 g/mol. The highest BCUT2D eigenvalue weighted by Gasteiger charge is 2.29. The number of benzene rings is 2. The molecule has 0 N–H and O–H groups in total. The number of amidine groups is 1. The highest BCUT2D eigenvalue weighted by Crippen LogP contribution is 2.39. The van der Waals surface area contributed by atoms with E-state index in [1.165, 1.54) is 11.8 Å². The van der Waals surface area contributed by atoms with Gasteiger partial charge in [-0.25, -0.2) is 0 Å². The number of hydrogen-bond acceptors (Lipinski definition) is 5. The van der Waals surface area contributed by atoms with Crippen molar-refractivity contribution in [1.29, 1.82) is 0 Å². The van der Waals surface area contributed by atoms with Crippen molar-refractivity contribution in [3.63, 3.8) is 0 Å². The zero-order chi connectivity index (χ0) is 21.0. The highest BCUT2D eigenvalue weighted by molar-refractivity contribution is 9.10. The van der Waals surface area contributed by atoms with Gasteiger partial charge in [0.2, 0.25) is 0 Å². The van der Waals surface area contributed by atoms with Crippen molar-refractivity contribution < 1.29 is 14.3 Å². The Morgan fingerprint density at radius 3 is 2.59 bits per heavy atom. The van der Waals surface area contributed by atoms with Gasteiger partial charge in [0.15, 0.2) is 16.7 Å². The van der Waals surface area contributed by atoms with E-state index >= 15 is 0 Å². The summed E-state index contributed by atoms with van der Waals surface area (Å²) in [5, 5.41) is 1.36. The Bertz CT molecular complexity index is 977. The van der Waals surface area contributed by atoms with Gasteiger partial charge in [0, 0.05) is 19.1 Å². The number of carbonyl (C=O) groups excluding carboxylic acids is 1. The standard InChI is InChI=1S/C21H20BrClN2O3S/c1-4-27-17-10-14(11-18-20(26)25(3)21(24-2)29-18)9-16(22)19(17)28-12-13-5-7-15(23)8-6-13/h5-11H,4,12H2,1-3H3/b18-11+,24-21?. The maximum absolute atomic E-state index is 12.4. The van der Waals surface area contributed by atoms with Crippen molar-refractivity contribution in [2.24, 2.45) is 4.99 Å². The number of hydrogen-bond donors (Lipinski definition) is 0. The molecule has 1 fully saturated rings. The predicted molar refractivity (Wildman–Crippen MR) is 123 cm³/mol. The summed E-state index contributed by atoms with van der Waals surface area (Å²) in [5.41, 5.74) is 1.83. The van der Waals surface area contributed by atoms with E-state index in [4.69, 9.17) is 21.1 Å². The quantitative estimate of drug-likeness (QED) is 0.489. The maximum atomic E-state index is 12.4. The first-order chi connectivity index (χ1) is 13.9. The van der Waals surface area contributed by atoms with Gasteiger partial charge in [-0.15, -0.1) is 0 Å². The van der Waals surface area contributed by atoms with Crippen LogP contribution in [-0.2, 0) is 11.4 Å². The third-order valence-electron chi connectivity index (χ3n) is 4.12. The van der Waals surface area contributed by atoms with Gasteiger partial charge in [-0.3, -0.25) is 14.7 Å². The number of halogens is 2. The largest absolute Gasteiger partial charge is 0.490 e. The summed E-state index contributed by atoms with van der Waals surface area (Å²) < 4.78 is 12.5. The van der Waals surface area contributed by atoms with E-state index < -0.39 is 0 Å². The molecule has 2 aromatic carbocycles. The smallest absolute Gasteiger partial charge is 0.266 e. The van der Waals surface area contributed by atoms with Gasteiger partial charge in [0.05, 0.1) is 16.0 Å². The van der Waals surface area contributed by atoms with Gasteiger partial charge in [0.25, 0.3) is 5.91 Å². The zero-order valence-electron chi connectivity index (χ0n) is 16.2. The first kappa shape index (κ1) is 21.7. The molecule has 1 aliphatic rings. The molecule has 1 heterocycles. The van der Waals surface area contributed by atoms with E-state index in [9.17, 15) is 4.79 Å². The molecule has 29 heavy (non-hydrogen) atoms. The average Bonchev–Trinajstić information content (AvgIpc) is 2.97. The maximum Gasteiger partial charge on any atom is 0.266 e. The zero-order valence-corrected chi connectivity index (χ0v) is 19.4. The van der Waals surface area contributed by atoms with Crippen LogP contribution in [0.4, 0.5) is 0 Å². The Hall–Kier alpha value is -1.96. The minimum absolute atomic E-state index is 0.0762. The van der Waals surface area contributed by atoms with E-state index in [1.54, 1.807) is 19.0 Å². The van der Waals surface area contributed by atoms with Crippen LogP contribution in [0.3, 0.4) is 0 Å². The Balaban J connectivity index is 1.87. The van der Waals surface area contributed by atoms with E-state index in [2.05, 4.69) is 20.9 Å². The summed E-state index contributed by atoms with van der Waals surface area (Å²) in [6, 6.07) is 11.3. The van der Waals surface area contributed by atoms with Crippen LogP contribution < -0.4 is 9.47 Å². The predicted octanol–water partition coefficient (Wildman–Crippen LogP) is 5.61. The van der Waals surface area contributed by atoms with Crippen molar-refractivity contribution in [3.05, 3.63) is 61.9 Å². The van der Waals surface area contributed by atoms with Crippen LogP contribution >= 0.6 is 39.3 Å². The van der Waals surface area contributed by atoms with Crippen molar-refractivity contribution in [3.8, 4) is 11.5 Å². The second kappa shape index (κ2) is 9.69.